The number of benzene rings is 2. The van der Waals surface area contributed by atoms with Crippen LogP contribution in [0.3, 0.4) is 0 Å². The van der Waals surface area contributed by atoms with Crippen LogP contribution in [-0.2, 0) is 10.2 Å². The molecule has 5 heteroatoms. The van der Waals surface area contributed by atoms with E-state index in [-0.39, 0.29) is 17.9 Å². The second-order valence-corrected chi connectivity index (χ2v) is 8.65. The van der Waals surface area contributed by atoms with Crippen molar-refractivity contribution >= 4 is 28.1 Å². The highest BCUT2D eigenvalue weighted by Crippen LogP contribution is 2.31. The molecule has 0 aliphatic heterocycles. The van der Waals surface area contributed by atoms with Crippen molar-refractivity contribution in [2.75, 3.05) is 6.61 Å². The molecule has 0 atom stereocenters. The van der Waals surface area contributed by atoms with Crippen molar-refractivity contribution in [3.05, 3.63) is 63.6 Å². The van der Waals surface area contributed by atoms with E-state index in [0.29, 0.717) is 11.7 Å². The first-order valence-corrected chi connectivity index (χ1v) is 9.81. The first-order valence-electron chi connectivity index (χ1n) is 9.01. The van der Waals surface area contributed by atoms with Gasteiger partial charge in [-0.05, 0) is 56.1 Å². The van der Waals surface area contributed by atoms with Gasteiger partial charge in [-0.25, -0.2) is 5.43 Å². The van der Waals surface area contributed by atoms with E-state index in [4.69, 9.17) is 4.74 Å². The summed E-state index contributed by atoms with van der Waals surface area (Å²) in [6, 6.07) is 14.0. The zero-order chi connectivity index (χ0) is 20.0. The molecule has 0 bridgehead atoms. The van der Waals surface area contributed by atoms with E-state index in [9.17, 15) is 4.79 Å². The Hall–Kier alpha value is -2.14. The standard InChI is InChI=1S/C22H27BrN2O2/c1-15(2)17-8-6-16(7-9-17)13-24-25-21(26)14-27-20-11-10-18(12-19(20)23)22(3,4)5/h6-13,15H,14H2,1-5H3,(H,25,26). The normalized spacial score (nSPS) is 11.8. The maximum Gasteiger partial charge on any atom is 0.277 e. The summed E-state index contributed by atoms with van der Waals surface area (Å²) in [5.41, 5.74) is 5.94. The fourth-order valence-electron chi connectivity index (χ4n) is 2.41. The van der Waals surface area contributed by atoms with Crippen molar-refractivity contribution in [3.63, 3.8) is 0 Å². The Balaban J connectivity index is 1.85. The summed E-state index contributed by atoms with van der Waals surface area (Å²) in [6.07, 6.45) is 1.62. The molecule has 2 aromatic carbocycles. The predicted molar refractivity (Wildman–Crippen MR) is 115 cm³/mol. The number of hydrogen-bond donors (Lipinski definition) is 1. The molecule has 0 aliphatic rings. The van der Waals surface area contributed by atoms with Crippen LogP contribution in [0.2, 0.25) is 0 Å². The lowest BCUT2D eigenvalue weighted by atomic mass is 9.87. The minimum absolute atomic E-state index is 0.0561. The molecule has 0 fully saturated rings. The molecule has 2 rings (SSSR count). The second-order valence-electron chi connectivity index (χ2n) is 7.80. The quantitative estimate of drug-likeness (QED) is 0.492. The van der Waals surface area contributed by atoms with Crippen LogP contribution in [0.4, 0.5) is 0 Å². The maximum absolute atomic E-state index is 11.9. The van der Waals surface area contributed by atoms with Crippen molar-refractivity contribution in [3.8, 4) is 5.75 Å². The summed E-state index contributed by atoms with van der Waals surface area (Å²) in [6.45, 7) is 10.7. The highest BCUT2D eigenvalue weighted by atomic mass is 79.9. The highest BCUT2D eigenvalue weighted by molar-refractivity contribution is 9.10. The average Bonchev–Trinajstić information content (AvgIpc) is 2.60. The monoisotopic (exact) mass is 430 g/mol. The van der Waals surface area contributed by atoms with Crippen LogP contribution in [0.15, 0.2) is 52.0 Å². The van der Waals surface area contributed by atoms with Crippen molar-refractivity contribution in [1.82, 2.24) is 5.43 Å². The smallest absolute Gasteiger partial charge is 0.277 e. The van der Waals surface area contributed by atoms with Gasteiger partial charge in [0, 0.05) is 0 Å². The lowest BCUT2D eigenvalue weighted by molar-refractivity contribution is -0.123. The number of halogens is 1. The van der Waals surface area contributed by atoms with Crippen LogP contribution in [-0.4, -0.2) is 18.7 Å². The van der Waals surface area contributed by atoms with E-state index >= 15 is 0 Å². The molecule has 1 N–H and O–H groups in total. The number of nitrogens with one attached hydrogen (secondary N) is 1. The van der Waals surface area contributed by atoms with Gasteiger partial charge in [-0.2, -0.15) is 5.10 Å². The number of rotatable bonds is 6. The van der Waals surface area contributed by atoms with Crippen LogP contribution < -0.4 is 10.2 Å². The van der Waals surface area contributed by atoms with E-state index < -0.39 is 0 Å². The van der Waals surface area contributed by atoms with Crippen LogP contribution in [0.25, 0.3) is 0 Å². The minimum Gasteiger partial charge on any atom is -0.483 e. The third kappa shape index (κ3) is 6.51. The summed E-state index contributed by atoms with van der Waals surface area (Å²) in [5, 5.41) is 3.98. The van der Waals surface area contributed by atoms with Gasteiger partial charge in [0.15, 0.2) is 6.61 Å². The molecule has 27 heavy (non-hydrogen) atoms. The molecule has 2 aromatic rings. The first kappa shape index (κ1) is 21.2. The van der Waals surface area contributed by atoms with E-state index in [0.717, 1.165) is 10.0 Å². The highest BCUT2D eigenvalue weighted by Gasteiger charge is 2.15. The van der Waals surface area contributed by atoms with Gasteiger partial charge in [0.1, 0.15) is 5.75 Å². The summed E-state index contributed by atoms with van der Waals surface area (Å²) in [7, 11) is 0. The molecule has 0 saturated heterocycles. The van der Waals surface area contributed by atoms with E-state index in [2.05, 4.69) is 73.2 Å². The molecule has 0 heterocycles. The second kappa shape index (κ2) is 9.18. The Kier molecular flexibility index (Phi) is 7.19. The lowest BCUT2D eigenvalue weighted by Crippen LogP contribution is -2.24. The van der Waals surface area contributed by atoms with Crippen molar-refractivity contribution in [2.45, 2.75) is 46.0 Å². The van der Waals surface area contributed by atoms with Gasteiger partial charge in [0.2, 0.25) is 0 Å². The third-order valence-corrected chi connectivity index (χ3v) is 4.78. The molecular formula is C22H27BrN2O2. The number of ether oxygens (including phenoxy) is 1. The molecule has 0 saturated carbocycles. The van der Waals surface area contributed by atoms with Crippen LogP contribution in [0.1, 0.15) is 57.2 Å². The maximum atomic E-state index is 11.9. The van der Waals surface area contributed by atoms with Crippen LogP contribution >= 0.6 is 15.9 Å². The fraction of sp³-hybridized carbons (Fsp3) is 0.364. The Labute approximate surface area is 170 Å². The molecule has 0 aromatic heterocycles. The molecule has 0 unspecified atom stereocenters. The van der Waals surface area contributed by atoms with Crippen LogP contribution in [0.5, 0.6) is 5.75 Å². The molecular weight excluding hydrogens is 404 g/mol. The van der Waals surface area contributed by atoms with Gasteiger partial charge in [0.25, 0.3) is 5.91 Å². The number of carbonyl (C=O) groups is 1. The SMILES string of the molecule is CC(C)c1ccc(C=NNC(=O)COc2ccc(C(C)(C)C)cc2Br)cc1. The molecule has 0 aliphatic carbocycles. The van der Waals surface area contributed by atoms with E-state index in [1.807, 2.05) is 30.3 Å². The zero-order valence-electron chi connectivity index (χ0n) is 16.5. The Morgan fingerprint density at radius 3 is 2.41 bits per heavy atom. The molecule has 0 radical (unpaired) electrons. The summed E-state index contributed by atoms with van der Waals surface area (Å²) < 4.78 is 6.41. The van der Waals surface area contributed by atoms with Crippen molar-refractivity contribution in [2.24, 2.45) is 5.10 Å². The van der Waals surface area contributed by atoms with Crippen molar-refractivity contribution < 1.29 is 9.53 Å². The summed E-state index contributed by atoms with van der Waals surface area (Å²) >= 11 is 3.50. The van der Waals surface area contributed by atoms with Gasteiger partial charge < -0.3 is 4.74 Å². The molecule has 1 amide bonds. The van der Waals surface area contributed by atoms with E-state index in [1.165, 1.54) is 11.1 Å². The number of carbonyl (C=O) groups excluding carboxylic acids is 1. The van der Waals surface area contributed by atoms with Gasteiger partial charge in [-0.15, -0.1) is 0 Å². The zero-order valence-corrected chi connectivity index (χ0v) is 18.1. The fourth-order valence-corrected chi connectivity index (χ4v) is 2.90. The summed E-state index contributed by atoms with van der Waals surface area (Å²) in [4.78, 5) is 11.9. The summed E-state index contributed by atoms with van der Waals surface area (Å²) in [5.74, 6) is 0.813. The Bertz CT molecular complexity index is 806. The van der Waals surface area contributed by atoms with Gasteiger partial charge in [-0.3, -0.25) is 4.79 Å². The van der Waals surface area contributed by atoms with Gasteiger partial charge in [-0.1, -0.05) is 65.0 Å². The predicted octanol–water partition coefficient (Wildman–Crippen LogP) is 5.40. The van der Waals surface area contributed by atoms with Crippen LogP contribution in [0, 0.1) is 0 Å². The largest absolute Gasteiger partial charge is 0.483 e. The molecule has 4 nitrogen and oxygen atoms in total. The molecule has 0 spiro atoms. The molecule has 144 valence electrons. The topological polar surface area (TPSA) is 50.7 Å². The first-order chi connectivity index (χ1) is 12.7. The minimum atomic E-state index is -0.308. The number of hydrazone groups is 1. The van der Waals surface area contributed by atoms with Crippen molar-refractivity contribution in [1.29, 1.82) is 0 Å². The third-order valence-electron chi connectivity index (χ3n) is 4.16. The number of nitrogens with zero attached hydrogens (tertiary/aromatic N) is 1. The number of amides is 1. The van der Waals surface area contributed by atoms with Gasteiger partial charge in [0.05, 0.1) is 10.7 Å². The Morgan fingerprint density at radius 1 is 1.19 bits per heavy atom. The lowest BCUT2D eigenvalue weighted by Gasteiger charge is -2.20. The van der Waals surface area contributed by atoms with E-state index in [1.54, 1.807) is 6.21 Å². The van der Waals surface area contributed by atoms with Gasteiger partial charge >= 0.3 is 0 Å². The number of hydrogen-bond acceptors (Lipinski definition) is 3. The average molecular weight is 431 g/mol. The Morgan fingerprint density at radius 2 is 1.85 bits per heavy atom.